The molecule has 3 heteroatoms. The van der Waals surface area contributed by atoms with Crippen molar-refractivity contribution < 1.29 is 0 Å². The van der Waals surface area contributed by atoms with Crippen LogP contribution in [0.5, 0.6) is 0 Å². The molecule has 2 nitrogen and oxygen atoms in total. The number of likely N-dealkylation sites (tertiary alicyclic amines) is 1. The zero-order chi connectivity index (χ0) is 8.48. The number of nitrogens with zero attached hydrogens (tertiary/aromatic N) is 1. The predicted molar refractivity (Wildman–Crippen MR) is 55.8 cm³/mol. The molecule has 1 saturated heterocycles. The van der Waals surface area contributed by atoms with Crippen LogP contribution in [-0.2, 0) is 0 Å². The fourth-order valence-electron chi connectivity index (χ4n) is 1.75. The van der Waals surface area contributed by atoms with Gasteiger partial charge in [0.05, 0.1) is 0 Å². The van der Waals surface area contributed by atoms with E-state index in [4.69, 9.17) is 5.73 Å². The molecule has 0 radical (unpaired) electrons. The van der Waals surface area contributed by atoms with Gasteiger partial charge in [0.15, 0.2) is 0 Å². The smallest absolute Gasteiger partial charge is 0.0255 e. The molecule has 2 N–H and O–H groups in total. The summed E-state index contributed by atoms with van der Waals surface area (Å²) in [5.41, 5.74) is 6.12. The third-order valence-corrected chi connectivity index (χ3v) is 2.49. The molecule has 1 rings (SSSR count). The third-order valence-electron chi connectivity index (χ3n) is 2.49. The second-order valence-corrected chi connectivity index (χ2v) is 4.32. The number of nitrogens with two attached hydrogens (primary N) is 1. The minimum absolute atomic E-state index is 0. The molecule has 1 aliphatic rings. The normalized spacial score (nSPS) is 31.8. The molecular weight excluding hydrogens is 172 g/mol. The van der Waals surface area contributed by atoms with Crippen molar-refractivity contribution in [3.63, 3.8) is 0 Å². The Labute approximate surface area is 81.9 Å². The van der Waals surface area contributed by atoms with Crippen molar-refractivity contribution in [2.24, 2.45) is 5.73 Å². The molecule has 0 spiro atoms. The number of hydrogen-bond acceptors (Lipinski definition) is 2. The zero-order valence-electron chi connectivity index (χ0n) is 8.34. The molecule has 0 amide bonds. The third kappa shape index (κ3) is 3.30. The Kier molecular flexibility index (Phi) is 4.53. The highest BCUT2D eigenvalue weighted by Gasteiger charge is 2.27. The summed E-state index contributed by atoms with van der Waals surface area (Å²) >= 11 is 0. The minimum Gasteiger partial charge on any atom is -0.324 e. The van der Waals surface area contributed by atoms with Crippen molar-refractivity contribution in [1.82, 2.24) is 4.90 Å². The summed E-state index contributed by atoms with van der Waals surface area (Å²) < 4.78 is 0. The molecule has 12 heavy (non-hydrogen) atoms. The summed E-state index contributed by atoms with van der Waals surface area (Å²) in [4.78, 5) is 2.46. The van der Waals surface area contributed by atoms with Crippen LogP contribution < -0.4 is 5.73 Å². The van der Waals surface area contributed by atoms with Gasteiger partial charge in [0, 0.05) is 18.1 Å². The van der Waals surface area contributed by atoms with Crippen molar-refractivity contribution in [2.45, 2.75) is 45.2 Å². The molecule has 1 heterocycles. The van der Waals surface area contributed by atoms with Crippen LogP contribution in [0.2, 0.25) is 0 Å². The number of halogens is 1. The van der Waals surface area contributed by atoms with Gasteiger partial charge in [-0.2, -0.15) is 0 Å². The van der Waals surface area contributed by atoms with Gasteiger partial charge in [-0.15, -0.1) is 12.4 Å². The van der Waals surface area contributed by atoms with Gasteiger partial charge >= 0.3 is 0 Å². The number of hydrogen-bond donors (Lipinski definition) is 1. The fraction of sp³-hybridized carbons (Fsp3) is 1.00. The number of piperidine rings is 1. The van der Waals surface area contributed by atoms with Crippen molar-refractivity contribution in [2.75, 3.05) is 13.1 Å². The average Bonchev–Trinajstić information content (AvgIpc) is 1.85. The van der Waals surface area contributed by atoms with Crippen molar-refractivity contribution in [1.29, 1.82) is 0 Å². The lowest BCUT2D eigenvalue weighted by atomic mass is 9.92. The summed E-state index contributed by atoms with van der Waals surface area (Å²) in [6.07, 6.45) is 2.43. The van der Waals surface area contributed by atoms with Gasteiger partial charge in [-0.3, -0.25) is 4.90 Å². The quantitative estimate of drug-likeness (QED) is 0.685. The number of rotatable bonds is 1. The summed E-state index contributed by atoms with van der Waals surface area (Å²) in [5, 5.41) is 0. The largest absolute Gasteiger partial charge is 0.324 e. The van der Waals surface area contributed by atoms with E-state index in [2.05, 4.69) is 25.7 Å². The molecule has 1 fully saturated rings. The molecule has 74 valence electrons. The zero-order valence-corrected chi connectivity index (χ0v) is 9.16. The molecule has 0 aromatic carbocycles. The Morgan fingerprint density at radius 2 is 2.00 bits per heavy atom. The Hall–Kier alpha value is 0.210. The van der Waals surface area contributed by atoms with Crippen LogP contribution >= 0.6 is 12.4 Å². The standard InChI is InChI=1S/C9H20N2.ClH/c1-8(2)11-6-4-5-9(3,10)7-11;/h8H,4-7,10H2,1-3H3;1H. The maximum absolute atomic E-state index is 6.06. The first-order valence-corrected chi connectivity index (χ1v) is 4.54. The Bertz CT molecular complexity index is 134. The van der Waals surface area contributed by atoms with Crippen molar-refractivity contribution in [3.05, 3.63) is 0 Å². The lowest BCUT2D eigenvalue weighted by Crippen LogP contribution is -2.53. The highest BCUT2D eigenvalue weighted by Crippen LogP contribution is 2.19. The maximum Gasteiger partial charge on any atom is 0.0255 e. The Balaban J connectivity index is 0.00000121. The van der Waals surface area contributed by atoms with E-state index in [1.807, 2.05) is 0 Å². The molecule has 0 aromatic rings. The van der Waals surface area contributed by atoms with Crippen LogP contribution in [0.25, 0.3) is 0 Å². The molecule has 1 aliphatic heterocycles. The molecule has 0 aliphatic carbocycles. The minimum atomic E-state index is 0. The second-order valence-electron chi connectivity index (χ2n) is 4.32. The lowest BCUT2D eigenvalue weighted by molar-refractivity contribution is 0.128. The molecular formula is C9H21ClN2. The van der Waals surface area contributed by atoms with E-state index in [0.29, 0.717) is 6.04 Å². The van der Waals surface area contributed by atoms with E-state index in [9.17, 15) is 0 Å². The topological polar surface area (TPSA) is 29.3 Å². The molecule has 0 bridgehead atoms. The first kappa shape index (κ1) is 12.2. The fourth-order valence-corrected chi connectivity index (χ4v) is 1.75. The Morgan fingerprint density at radius 3 is 2.33 bits per heavy atom. The highest BCUT2D eigenvalue weighted by atomic mass is 35.5. The van der Waals surface area contributed by atoms with E-state index in [1.54, 1.807) is 0 Å². The summed E-state index contributed by atoms with van der Waals surface area (Å²) in [6.45, 7) is 8.92. The van der Waals surface area contributed by atoms with E-state index in [1.165, 1.54) is 19.4 Å². The first-order valence-electron chi connectivity index (χ1n) is 4.54. The molecule has 1 unspecified atom stereocenters. The van der Waals surface area contributed by atoms with Crippen molar-refractivity contribution >= 4 is 12.4 Å². The van der Waals surface area contributed by atoms with Gasteiger partial charge in [0.1, 0.15) is 0 Å². The van der Waals surface area contributed by atoms with Crippen LogP contribution in [0, 0.1) is 0 Å². The van der Waals surface area contributed by atoms with E-state index >= 15 is 0 Å². The lowest BCUT2D eigenvalue weighted by Gasteiger charge is -2.40. The highest BCUT2D eigenvalue weighted by molar-refractivity contribution is 5.85. The van der Waals surface area contributed by atoms with Crippen LogP contribution in [0.3, 0.4) is 0 Å². The van der Waals surface area contributed by atoms with Crippen LogP contribution in [0.15, 0.2) is 0 Å². The SMILES string of the molecule is CC(C)N1CCCC(C)(N)C1.Cl. The summed E-state index contributed by atoms with van der Waals surface area (Å²) in [6, 6.07) is 0.651. The first-order chi connectivity index (χ1) is 5.01. The van der Waals surface area contributed by atoms with Gasteiger partial charge in [-0.25, -0.2) is 0 Å². The maximum atomic E-state index is 6.06. The van der Waals surface area contributed by atoms with Crippen LogP contribution in [0.4, 0.5) is 0 Å². The molecule has 0 aromatic heterocycles. The van der Waals surface area contributed by atoms with Gasteiger partial charge in [-0.1, -0.05) is 0 Å². The van der Waals surface area contributed by atoms with Crippen LogP contribution in [-0.4, -0.2) is 29.6 Å². The molecule has 1 atom stereocenters. The second kappa shape index (κ2) is 4.45. The summed E-state index contributed by atoms with van der Waals surface area (Å²) in [7, 11) is 0. The summed E-state index contributed by atoms with van der Waals surface area (Å²) in [5.74, 6) is 0. The molecule has 0 saturated carbocycles. The van der Waals surface area contributed by atoms with Crippen molar-refractivity contribution in [3.8, 4) is 0 Å². The van der Waals surface area contributed by atoms with Gasteiger partial charge in [0.2, 0.25) is 0 Å². The average molecular weight is 193 g/mol. The Morgan fingerprint density at radius 1 is 1.42 bits per heavy atom. The van der Waals surface area contributed by atoms with Gasteiger partial charge in [0.25, 0.3) is 0 Å². The van der Waals surface area contributed by atoms with Gasteiger partial charge in [-0.05, 0) is 40.2 Å². The monoisotopic (exact) mass is 192 g/mol. The van der Waals surface area contributed by atoms with Crippen LogP contribution in [0.1, 0.15) is 33.6 Å². The van der Waals surface area contributed by atoms with E-state index in [0.717, 1.165) is 6.54 Å². The van der Waals surface area contributed by atoms with Gasteiger partial charge < -0.3 is 5.73 Å². The predicted octanol–water partition coefficient (Wildman–Crippen LogP) is 1.63. The van der Waals surface area contributed by atoms with E-state index < -0.39 is 0 Å². The van der Waals surface area contributed by atoms with E-state index in [-0.39, 0.29) is 17.9 Å².